The lowest BCUT2D eigenvalue weighted by atomic mass is 9.76. The van der Waals surface area contributed by atoms with Gasteiger partial charge in [0.1, 0.15) is 0 Å². The van der Waals surface area contributed by atoms with Crippen LogP contribution in [0.4, 0.5) is 0 Å². The fraction of sp³-hybridized carbons (Fsp3) is 0.643. The van der Waals surface area contributed by atoms with Crippen LogP contribution in [0.25, 0.3) is 0 Å². The molecule has 1 N–H and O–H groups in total. The molecule has 0 unspecified atom stereocenters. The van der Waals surface area contributed by atoms with Gasteiger partial charge in [-0.25, -0.2) is 0 Å². The summed E-state index contributed by atoms with van der Waals surface area (Å²) >= 11 is 0. The molecule has 1 saturated heterocycles. The van der Waals surface area contributed by atoms with Crippen LogP contribution in [-0.2, 0) is 15.7 Å². The van der Waals surface area contributed by atoms with Crippen molar-refractivity contribution in [2.24, 2.45) is 0 Å². The summed E-state index contributed by atoms with van der Waals surface area (Å²) in [6.07, 6.45) is 2.38. The normalized spacial score (nSPS) is 20.8. The zero-order valence-corrected chi connectivity index (χ0v) is 12.4. The van der Waals surface area contributed by atoms with Gasteiger partial charge in [0, 0.05) is 24.0 Å². The SMILES string of the molecule is Cc1cc(CCO)c(B2OC(C)(C)C(C)(C)O2)cn1. The number of hydrogen-bond acceptors (Lipinski definition) is 4. The smallest absolute Gasteiger partial charge is 0.399 e. The summed E-state index contributed by atoms with van der Waals surface area (Å²) in [6.45, 7) is 10.2. The van der Waals surface area contributed by atoms with Crippen molar-refractivity contribution in [2.45, 2.75) is 52.2 Å². The Bertz CT molecular complexity index is 458. The fourth-order valence-corrected chi connectivity index (χ4v) is 2.15. The number of aliphatic hydroxyl groups is 1. The van der Waals surface area contributed by atoms with Gasteiger partial charge in [-0.3, -0.25) is 4.98 Å². The molecule has 0 saturated carbocycles. The van der Waals surface area contributed by atoms with E-state index >= 15 is 0 Å². The second kappa shape index (κ2) is 4.89. The second-order valence-electron chi connectivity index (χ2n) is 6.09. The van der Waals surface area contributed by atoms with Crippen LogP contribution in [0.1, 0.15) is 39.0 Å². The highest BCUT2D eigenvalue weighted by Gasteiger charge is 2.52. The maximum atomic E-state index is 9.18. The summed E-state index contributed by atoms with van der Waals surface area (Å²) in [6, 6.07) is 1.98. The molecule has 2 heterocycles. The maximum Gasteiger partial charge on any atom is 0.496 e. The third-order valence-corrected chi connectivity index (χ3v) is 4.05. The van der Waals surface area contributed by atoms with Gasteiger partial charge in [-0.1, -0.05) is 0 Å². The van der Waals surface area contributed by atoms with E-state index in [1.807, 2.05) is 40.7 Å². The Hall–Kier alpha value is -0.905. The summed E-state index contributed by atoms with van der Waals surface area (Å²) in [5, 5.41) is 9.18. The zero-order valence-electron chi connectivity index (χ0n) is 12.4. The first-order valence-corrected chi connectivity index (χ1v) is 6.69. The van der Waals surface area contributed by atoms with Crippen molar-refractivity contribution in [1.82, 2.24) is 4.98 Å². The Morgan fingerprint density at radius 2 is 1.79 bits per heavy atom. The third kappa shape index (κ3) is 2.68. The Morgan fingerprint density at radius 3 is 2.32 bits per heavy atom. The number of rotatable bonds is 3. The molecule has 0 amide bonds. The minimum Gasteiger partial charge on any atom is -0.399 e. The lowest BCUT2D eigenvalue weighted by Crippen LogP contribution is -2.41. The predicted molar refractivity (Wildman–Crippen MR) is 75.5 cm³/mol. The van der Waals surface area contributed by atoms with Gasteiger partial charge in [0.05, 0.1) is 11.2 Å². The van der Waals surface area contributed by atoms with Crippen LogP contribution in [0.2, 0.25) is 0 Å². The van der Waals surface area contributed by atoms with E-state index in [4.69, 9.17) is 9.31 Å². The first-order chi connectivity index (χ1) is 8.77. The molecular formula is C14H22BNO3. The van der Waals surface area contributed by atoms with E-state index < -0.39 is 7.12 Å². The molecule has 0 radical (unpaired) electrons. The van der Waals surface area contributed by atoms with Gasteiger partial charge in [0.25, 0.3) is 0 Å². The molecule has 104 valence electrons. The van der Waals surface area contributed by atoms with Crippen LogP contribution in [0.3, 0.4) is 0 Å². The van der Waals surface area contributed by atoms with Crippen molar-refractivity contribution in [1.29, 1.82) is 0 Å². The van der Waals surface area contributed by atoms with Crippen LogP contribution in [0.15, 0.2) is 12.3 Å². The van der Waals surface area contributed by atoms with E-state index in [-0.39, 0.29) is 17.8 Å². The molecule has 0 atom stereocenters. The summed E-state index contributed by atoms with van der Waals surface area (Å²) in [4.78, 5) is 4.32. The Balaban J connectivity index is 2.34. The highest BCUT2D eigenvalue weighted by Crippen LogP contribution is 2.36. The van der Waals surface area contributed by atoms with Gasteiger partial charge in [-0.15, -0.1) is 0 Å². The lowest BCUT2D eigenvalue weighted by Gasteiger charge is -2.32. The van der Waals surface area contributed by atoms with Crippen molar-refractivity contribution < 1.29 is 14.4 Å². The molecule has 0 bridgehead atoms. The van der Waals surface area contributed by atoms with E-state index in [1.165, 1.54) is 0 Å². The molecule has 0 aliphatic carbocycles. The van der Waals surface area contributed by atoms with E-state index in [2.05, 4.69) is 4.98 Å². The van der Waals surface area contributed by atoms with Crippen molar-refractivity contribution in [3.8, 4) is 0 Å². The molecule has 1 aromatic heterocycles. The van der Waals surface area contributed by atoms with Crippen LogP contribution < -0.4 is 5.46 Å². The highest BCUT2D eigenvalue weighted by atomic mass is 16.7. The molecule has 0 spiro atoms. The van der Waals surface area contributed by atoms with E-state index in [0.717, 1.165) is 16.7 Å². The molecule has 1 aliphatic rings. The number of aromatic nitrogens is 1. The molecule has 19 heavy (non-hydrogen) atoms. The molecule has 1 aliphatic heterocycles. The number of aryl methyl sites for hydroxylation is 1. The topological polar surface area (TPSA) is 51.6 Å². The Kier molecular flexibility index (Phi) is 3.73. The van der Waals surface area contributed by atoms with Crippen molar-refractivity contribution in [2.75, 3.05) is 6.61 Å². The molecule has 4 nitrogen and oxygen atoms in total. The maximum absolute atomic E-state index is 9.18. The molecule has 5 heteroatoms. The largest absolute Gasteiger partial charge is 0.496 e. The summed E-state index contributed by atoms with van der Waals surface area (Å²) in [5.74, 6) is 0. The average molecular weight is 263 g/mol. The van der Waals surface area contributed by atoms with Gasteiger partial charge in [-0.2, -0.15) is 0 Å². The third-order valence-electron chi connectivity index (χ3n) is 4.05. The number of hydrogen-bond donors (Lipinski definition) is 1. The minimum absolute atomic E-state index is 0.107. The van der Waals surface area contributed by atoms with E-state index in [9.17, 15) is 5.11 Å². The van der Waals surface area contributed by atoms with Crippen molar-refractivity contribution in [3.63, 3.8) is 0 Å². The first kappa shape index (κ1) is 14.5. The van der Waals surface area contributed by atoms with Gasteiger partial charge < -0.3 is 14.4 Å². The molecule has 1 aromatic rings. The van der Waals surface area contributed by atoms with Crippen LogP contribution in [0.5, 0.6) is 0 Å². The van der Waals surface area contributed by atoms with Crippen LogP contribution in [0, 0.1) is 6.92 Å². The number of aliphatic hydroxyl groups excluding tert-OH is 1. The quantitative estimate of drug-likeness (QED) is 0.833. The lowest BCUT2D eigenvalue weighted by molar-refractivity contribution is 0.00578. The van der Waals surface area contributed by atoms with E-state index in [1.54, 1.807) is 6.20 Å². The summed E-state index contributed by atoms with van der Waals surface area (Å²) in [7, 11) is -0.417. The highest BCUT2D eigenvalue weighted by molar-refractivity contribution is 6.62. The molecule has 0 aromatic carbocycles. The van der Waals surface area contributed by atoms with Gasteiger partial charge in [-0.05, 0) is 52.7 Å². The Morgan fingerprint density at radius 1 is 1.21 bits per heavy atom. The predicted octanol–water partition coefficient (Wildman–Crippen LogP) is 1.22. The van der Waals surface area contributed by atoms with Crippen molar-refractivity contribution >= 4 is 12.6 Å². The summed E-state index contributed by atoms with van der Waals surface area (Å²) < 4.78 is 12.1. The summed E-state index contributed by atoms with van der Waals surface area (Å²) in [5.41, 5.74) is 2.16. The molecule has 1 fully saturated rings. The second-order valence-corrected chi connectivity index (χ2v) is 6.09. The van der Waals surface area contributed by atoms with Gasteiger partial charge in [0.2, 0.25) is 0 Å². The standard InChI is InChI=1S/C14H22BNO3/c1-10-8-11(6-7-17)12(9-16-10)15-18-13(2,3)14(4,5)19-15/h8-9,17H,6-7H2,1-5H3. The van der Waals surface area contributed by atoms with Crippen molar-refractivity contribution in [3.05, 3.63) is 23.5 Å². The van der Waals surface area contributed by atoms with Gasteiger partial charge in [0.15, 0.2) is 0 Å². The van der Waals surface area contributed by atoms with Gasteiger partial charge >= 0.3 is 7.12 Å². The van der Waals surface area contributed by atoms with Crippen LogP contribution >= 0.6 is 0 Å². The Labute approximate surface area is 115 Å². The number of pyridine rings is 1. The average Bonchev–Trinajstić information content (AvgIpc) is 2.48. The minimum atomic E-state index is -0.417. The first-order valence-electron chi connectivity index (χ1n) is 6.69. The molecular weight excluding hydrogens is 241 g/mol. The van der Waals surface area contributed by atoms with Crippen LogP contribution in [-0.4, -0.2) is 35.0 Å². The zero-order chi connectivity index (χ0) is 14.3. The fourth-order valence-electron chi connectivity index (χ4n) is 2.15. The number of nitrogens with zero attached hydrogens (tertiary/aromatic N) is 1. The molecule has 2 rings (SSSR count). The van der Waals surface area contributed by atoms with E-state index in [0.29, 0.717) is 6.42 Å². The monoisotopic (exact) mass is 263 g/mol.